The van der Waals surface area contributed by atoms with Crippen LogP contribution in [0.5, 0.6) is 11.6 Å². The molecule has 0 spiro atoms. The van der Waals surface area contributed by atoms with Crippen molar-refractivity contribution in [2.24, 2.45) is 17.1 Å². The number of rotatable bonds is 5. The average Bonchev–Trinajstić information content (AvgIpc) is 3.23. The Balaban J connectivity index is 1.64. The number of amides is 2. The number of pyridine rings is 1. The molecule has 0 bridgehead atoms. The topological polar surface area (TPSA) is 104 Å². The Labute approximate surface area is 144 Å². The minimum Gasteiger partial charge on any atom is -0.496 e. The summed E-state index contributed by atoms with van der Waals surface area (Å²) in [6.45, 7) is 2.45. The quantitative estimate of drug-likeness (QED) is 0.852. The van der Waals surface area contributed by atoms with Crippen LogP contribution in [0.4, 0.5) is 0 Å². The van der Waals surface area contributed by atoms with E-state index in [1.807, 2.05) is 0 Å². The van der Waals surface area contributed by atoms with Crippen LogP contribution in [-0.4, -0.2) is 36.6 Å². The van der Waals surface area contributed by atoms with Gasteiger partial charge in [-0.05, 0) is 30.0 Å². The van der Waals surface area contributed by atoms with E-state index < -0.39 is 5.91 Å². The normalized spacial score (nSPS) is 26.9. The third kappa shape index (κ3) is 2.38. The van der Waals surface area contributed by atoms with Crippen molar-refractivity contribution in [3.63, 3.8) is 0 Å². The number of primary amides is 1. The Morgan fingerprint density at radius 2 is 2.28 bits per heavy atom. The Hall–Kier alpha value is -2.83. The first-order chi connectivity index (χ1) is 11.9. The van der Waals surface area contributed by atoms with Gasteiger partial charge in [0.2, 0.25) is 11.8 Å². The molecule has 0 unspecified atom stereocenters. The number of aromatic nitrogens is 1. The third-order valence-corrected chi connectivity index (χ3v) is 5.41. The number of carbonyl (C=O) groups is 2. The first-order valence-corrected chi connectivity index (χ1v) is 8.14. The molecule has 7 nitrogen and oxygen atoms in total. The third-order valence-electron chi connectivity index (χ3n) is 5.41. The smallest absolute Gasteiger partial charge is 0.252 e. The van der Waals surface area contributed by atoms with Gasteiger partial charge in [0, 0.05) is 22.9 Å². The van der Waals surface area contributed by atoms with Crippen molar-refractivity contribution in [2.45, 2.75) is 19.4 Å². The number of carbonyl (C=O) groups excluding carboxylic acids is 2. The summed E-state index contributed by atoms with van der Waals surface area (Å²) in [5.74, 6) is 0.476. The van der Waals surface area contributed by atoms with E-state index in [1.165, 1.54) is 7.11 Å². The first-order valence-electron chi connectivity index (χ1n) is 8.14. The lowest BCUT2D eigenvalue weighted by Crippen LogP contribution is -2.38. The lowest BCUT2D eigenvalue weighted by molar-refractivity contribution is -0.121. The van der Waals surface area contributed by atoms with Crippen LogP contribution in [0.1, 0.15) is 23.7 Å². The van der Waals surface area contributed by atoms with Gasteiger partial charge in [-0.1, -0.05) is 6.92 Å². The molecule has 1 aromatic carbocycles. The van der Waals surface area contributed by atoms with E-state index in [-0.39, 0.29) is 23.3 Å². The van der Waals surface area contributed by atoms with Gasteiger partial charge in [0.15, 0.2) is 0 Å². The molecule has 3 N–H and O–H groups in total. The van der Waals surface area contributed by atoms with Gasteiger partial charge in [0.05, 0.1) is 18.7 Å². The minimum absolute atomic E-state index is 0.0154. The highest BCUT2D eigenvalue weighted by molar-refractivity contribution is 6.01. The molecule has 1 aromatic heterocycles. The van der Waals surface area contributed by atoms with Gasteiger partial charge in [0.25, 0.3) is 5.91 Å². The van der Waals surface area contributed by atoms with Gasteiger partial charge in [0.1, 0.15) is 12.4 Å². The summed E-state index contributed by atoms with van der Waals surface area (Å²) in [5.41, 5.74) is 5.70. The maximum absolute atomic E-state index is 11.8. The fourth-order valence-corrected chi connectivity index (χ4v) is 3.64. The lowest BCUT2D eigenvalue weighted by Gasteiger charge is -2.20. The fraction of sp³-hybridized carbons (Fsp3) is 0.389. The van der Waals surface area contributed by atoms with Crippen LogP contribution in [0.3, 0.4) is 0 Å². The summed E-state index contributed by atoms with van der Waals surface area (Å²) >= 11 is 0. The van der Waals surface area contributed by atoms with Crippen LogP contribution < -0.4 is 20.5 Å². The van der Waals surface area contributed by atoms with Crippen LogP contribution in [0.25, 0.3) is 10.8 Å². The van der Waals surface area contributed by atoms with E-state index in [9.17, 15) is 9.59 Å². The number of nitrogens with two attached hydrogens (primary N) is 1. The van der Waals surface area contributed by atoms with Crippen LogP contribution in [0.2, 0.25) is 0 Å². The predicted molar refractivity (Wildman–Crippen MR) is 90.5 cm³/mol. The summed E-state index contributed by atoms with van der Waals surface area (Å²) < 4.78 is 11.2. The lowest BCUT2D eigenvalue weighted by atomic mass is 10.0. The monoisotopic (exact) mass is 341 g/mol. The molecule has 4 rings (SSSR count). The molecule has 2 fully saturated rings. The highest BCUT2D eigenvalue weighted by Gasteiger charge is 2.64. The van der Waals surface area contributed by atoms with E-state index >= 15 is 0 Å². The van der Waals surface area contributed by atoms with Gasteiger partial charge in [-0.2, -0.15) is 0 Å². The van der Waals surface area contributed by atoms with Gasteiger partial charge in [-0.15, -0.1) is 0 Å². The Bertz CT molecular complexity index is 897. The van der Waals surface area contributed by atoms with Gasteiger partial charge >= 0.3 is 0 Å². The summed E-state index contributed by atoms with van der Waals surface area (Å²) in [6, 6.07) is 5.13. The molecule has 2 amide bonds. The standard InChI is InChI=1S/C18H19N3O4/c1-18-7-12(18)16(23)21-14(18)8-25-17-10-6-13(24-2)11(15(19)22)5-9(10)3-4-20-17/h3-6,12,14H,7-8H2,1-2H3,(H2,19,22)(H,21,23)/t12-,14+,18-/m0/s1. The highest BCUT2D eigenvalue weighted by atomic mass is 16.5. The van der Waals surface area contributed by atoms with E-state index in [0.29, 0.717) is 23.8 Å². The average molecular weight is 341 g/mol. The summed E-state index contributed by atoms with van der Waals surface area (Å²) in [5, 5.41) is 4.49. The van der Waals surface area contributed by atoms with Crippen molar-refractivity contribution in [2.75, 3.05) is 13.7 Å². The molecule has 1 aliphatic carbocycles. The number of fused-ring (bicyclic) bond motifs is 2. The van der Waals surface area contributed by atoms with Crippen molar-refractivity contribution in [1.82, 2.24) is 10.3 Å². The molecule has 2 aliphatic rings. The molecule has 2 aromatic rings. The van der Waals surface area contributed by atoms with Crippen molar-refractivity contribution in [1.29, 1.82) is 0 Å². The number of nitrogens with one attached hydrogen (secondary N) is 1. The Morgan fingerprint density at radius 1 is 1.48 bits per heavy atom. The summed E-state index contributed by atoms with van der Waals surface area (Å²) in [6.07, 6.45) is 2.52. The van der Waals surface area contributed by atoms with Crippen molar-refractivity contribution in [3.05, 3.63) is 30.0 Å². The number of piperidine rings is 1. The predicted octanol–water partition coefficient (Wildman–Crippen LogP) is 1.25. The van der Waals surface area contributed by atoms with E-state index in [1.54, 1.807) is 24.4 Å². The second kappa shape index (κ2) is 5.34. The summed E-state index contributed by atoms with van der Waals surface area (Å²) in [4.78, 5) is 27.7. The maximum atomic E-state index is 11.8. The number of methoxy groups -OCH3 is 1. The SMILES string of the molecule is COc1cc2c(OC[C@H]3NC(=O)[C@@H]4C[C@]34C)nccc2cc1C(N)=O. The van der Waals surface area contributed by atoms with Crippen molar-refractivity contribution in [3.8, 4) is 11.6 Å². The minimum atomic E-state index is -0.556. The van der Waals surface area contributed by atoms with Gasteiger partial charge in [-0.25, -0.2) is 4.98 Å². The molecule has 3 atom stereocenters. The molecule has 1 aliphatic heterocycles. The zero-order valence-electron chi connectivity index (χ0n) is 14.0. The van der Waals surface area contributed by atoms with E-state index in [0.717, 1.165) is 17.2 Å². The number of hydrogen-bond donors (Lipinski definition) is 2. The largest absolute Gasteiger partial charge is 0.496 e. The summed E-state index contributed by atoms with van der Waals surface area (Å²) in [7, 11) is 1.48. The van der Waals surface area contributed by atoms with Gasteiger partial charge in [-0.3, -0.25) is 9.59 Å². The molecular weight excluding hydrogens is 322 g/mol. The molecule has 2 heterocycles. The Kier molecular flexibility index (Phi) is 3.35. The number of nitrogens with zero attached hydrogens (tertiary/aromatic N) is 1. The first kappa shape index (κ1) is 15.7. The zero-order chi connectivity index (χ0) is 17.8. The molecule has 25 heavy (non-hydrogen) atoms. The molecule has 0 radical (unpaired) electrons. The number of benzene rings is 1. The molecule has 1 saturated heterocycles. The fourth-order valence-electron chi connectivity index (χ4n) is 3.64. The van der Waals surface area contributed by atoms with Gasteiger partial charge < -0.3 is 20.5 Å². The second-order valence-electron chi connectivity index (χ2n) is 6.89. The zero-order valence-corrected chi connectivity index (χ0v) is 14.0. The second-order valence-corrected chi connectivity index (χ2v) is 6.89. The molecule has 7 heteroatoms. The van der Waals surface area contributed by atoms with Crippen molar-refractivity contribution < 1.29 is 19.1 Å². The van der Waals surface area contributed by atoms with Crippen LogP contribution in [0.15, 0.2) is 24.4 Å². The number of hydrogen-bond acceptors (Lipinski definition) is 5. The van der Waals surface area contributed by atoms with Crippen LogP contribution in [-0.2, 0) is 4.79 Å². The number of ether oxygens (including phenoxy) is 2. The molecular formula is C18H19N3O4. The van der Waals surface area contributed by atoms with Crippen molar-refractivity contribution >= 4 is 22.6 Å². The van der Waals surface area contributed by atoms with Crippen LogP contribution >= 0.6 is 0 Å². The Morgan fingerprint density at radius 3 is 2.88 bits per heavy atom. The molecule has 1 saturated carbocycles. The van der Waals surface area contributed by atoms with Crippen LogP contribution in [0, 0.1) is 11.3 Å². The van der Waals surface area contributed by atoms with E-state index in [2.05, 4.69) is 17.2 Å². The highest BCUT2D eigenvalue weighted by Crippen LogP contribution is 2.58. The molecule has 130 valence electrons. The van der Waals surface area contributed by atoms with E-state index in [4.69, 9.17) is 15.2 Å². The maximum Gasteiger partial charge on any atom is 0.252 e.